The number of hydrogen-bond donors (Lipinski definition) is 2. The molecule has 0 rings (SSSR count). The van der Waals surface area contributed by atoms with Gasteiger partial charge in [-0.2, -0.15) is 0 Å². The van der Waals surface area contributed by atoms with Crippen LogP contribution in [0.5, 0.6) is 0 Å². The molecule has 0 heterocycles. The zero-order valence-corrected chi connectivity index (χ0v) is 8.74. The van der Waals surface area contributed by atoms with Crippen molar-refractivity contribution in [3.63, 3.8) is 0 Å². The number of hydrogen-bond acceptors (Lipinski definition) is 3. The van der Waals surface area contributed by atoms with Crippen LogP contribution in [0.15, 0.2) is 0 Å². The van der Waals surface area contributed by atoms with Gasteiger partial charge < -0.3 is 20.0 Å². The van der Waals surface area contributed by atoms with Gasteiger partial charge in [-0.25, -0.2) is 0 Å². The first-order chi connectivity index (χ1) is 6.34. The molecule has 16 heavy (non-hydrogen) atoms. The van der Waals surface area contributed by atoms with E-state index in [0.717, 1.165) is 0 Å². The van der Waals surface area contributed by atoms with Crippen LogP contribution in [0.3, 0.4) is 0 Å². The molecule has 0 saturated heterocycles. The molecular formula is C7H14N2Na2O4S. The average Bonchev–Trinajstić information content (AvgIpc) is 2.00. The number of rotatable bonds is 4. The molecule has 0 aliphatic heterocycles. The fourth-order valence-corrected chi connectivity index (χ4v) is 0.962. The molecule has 0 fully saturated rings. The fraction of sp³-hybridized carbons (Fsp3) is 0.571. The van der Waals surface area contributed by atoms with Gasteiger partial charge in [0.2, 0.25) is 0 Å². The Kier molecular flexibility index (Phi) is 14.7. The Morgan fingerprint density at radius 2 is 1.25 bits per heavy atom. The summed E-state index contributed by atoms with van der Waals surface area (Å²) in [5.41, 5.74) is 0. The van der Waals surface area contributed by atoms with Gasteiger partial charge in [-0.15, -0.1) is 0 Å². The van der Waals surface area contributed by atoms with Gasteiger partial charge in [0.15, 0.2) is 5.11 Å². The second kappa shape index (κ2) is 10.8. The van der Waals surface area contributed by atoms with Crippen LogP contribution < -0.4 is 0 Å². The van der Waals surface area contributed by atoms with Crippen molar-refractivity contribution < 1.29 is 19.8 Å². The summed E-state index contributed by atoms with van der Waals surface area (Å²) in [6.07, 6.45) is 0. The van der Waals surface area contributed by atoms with Crippen LogP contribution in [-0.2, 0) is 9.59 Å². The predicted octanol–water partition coefficient (Wildman–Crippen LogP) is -1.99. The van der Waals surface area contributed by atoms with Gasteiger partial charge in [0.1, 0.15) is 13.1 Å². The summed E-state index contributed by atoms with van der Waals surface area (Å²) in [6, 6.07) is 0. The van der Waals surface area contributed by atoms with E-state index in [0.29, 0.717) is 0 Å². The maximum atomic E-state index is 10.3. The average molecular weight is 268 g/mol. The van der Waals surface area contributed by atoms with Crippen molar-refractivity contribution in [2.45, 2.75) is 0 Å². The summed E-state index contributed by atoms with van der Waals surface area (Å²) in [6.45, 7) is -0.494. The van der Waals surface area contributed by atoms with Crippen molar-refractivity contribution in [3.05, 3.63) is 0 Å². The number of thiocarbonyl (C=S) groups is 1. The molecule has 6 nitrogen and oxygen atoms in total. The Balaban J connectivity index is -0.000000845. The van der Waals surface area contributed by atoms with Gasteiger partial charge in [-0.05, 0) is 12.2 Å². The first kappa shape index (κ1) is 21.9. The first-order valence-electron chi connectivity index (χ1n) is 3.74. The van der Waals surface area contributed by atoms with Crippen LogP contribution >= 0.6 is 12.2 Å². The molecule has 0 aromatic heterocycles. The van der Waals surface area contributed by atoms with E-state index in [1.807, 2.05) is 0 Å². The van der Waals surface area contributed by atoms with Gasteiger partial charge in [0.05, 0.1) is 0 Å². The molecule has 84 valence electrons. The van der Waals surface area contributed by atoms with E-state index in [9.17, 15) is 9.59 Å². The van der Waals surface area contributed by atoms with E-state index in [2.05, 4.69) is 0 Å². The third-order valence-electron chi connectivity index (χ3n) is 1.40. The van der Waals surface area contributed by atoms with Gasteiger partial charge in [-0.3, -0.25) is 9.59 Å². The number of carboxylic acid groups (broad SMARTS) is 2. The van der Waals surface area contributed by atoms with Crippen LogP contribution in [0.1, 0.15) is 0 Å². The van der Waals surface area contributed by atoms with Crippen molar-refractivity contribution in [2.24, 2.45) is 0 Å². The molecule has 0 aliphatic carbocycles. The summed E-state index contributed by atoms with van der Waals surface area (Å²) in [5.74, 6) is -2.03. The van der Waals surface area contributed by atoms with E-state index in [4.69, 9.17) is 22.4 Å². The quantitative estimate of drug-likeness (QED) is 0.451. The van der Waals surface area contributed by atoms with Crippen LogP contribution in [-0.4, -0.2) is 123 Å². The summed E-state index contributed by atoms with van der Waals surface area (Å²) in [7, 11) is 2.99. The topological polar surface area (TPSA) is 81.1 Å². The van der Waals surface area contributed by atoms with Crippen LogP contribution in [0.25, 0.3) is 0 Å². The van der Waals surface area contributed by atoms with Crippen molar-refractivity contribution in [1.29, 1.82) is 0 Å². The van der Waals surface area contributed by atoms with Crippen LogP contribution in [0.4, 0.5) is 0 Å². The summed E-state index contributed by atoms with van der Waals surface area (Å²) >= 11 is 4.86. The predicted molar refractivity (Wildman–Crippen MR) is 67.4 cm³/mol. The molecule has 0 bridgehead atoms. The number of carbonyl (C=O) groups is 2. The van der Waals surface area contributed by atoms with Crippen molar-refractivity contribution in [3.8, 4) is 0 Å². The molecule has 0 saturated carbocycles. The second-order valence-corrected chi connectivity index (χ2v) is 3.15. The molecule has 0 unspecified atom stereocenters. The Morgan fingerprint density at radius 3 is 1.44 bits per heavy atom. The SMILES string of the molecule is CN(CC(=O)O)C(=S)N(C)CC(=O)O.[NaH].[NaH]. The molecule has 0 aliphatic rings. The fourth-order valence-electron chi connectivity index (χ4n) is 0.832. The Hall–Kier alpha value is 0.630. The van der Waals surface area contributed by atoms with Gasteiger partial charge in [-0.1, -0.05) is 0 Å². The third-order valence-corrected chi connectivity index (χ3v) is 2.02. The van der Waals surface area contributed by atoms with E-state index >= 15 is 0 Å². The Labute approximate surface area is 144 Å². The van der Waals surface area contributed by atoms with Crippen molar-refractivity contribution in [2.75, 3.05) is 27.2 Å². The van der Waals surface area contributed by atoms with Crippen LogP contribution in [0.2, 0.25) is 0 Å². The Morgan fingerprint density at radius 1 is 1.00 bits per heavy atom. The van der Waals surface area contributed by atoms with Gasteiger partial charge >= 0.3 is 71.1 Å². The molecule has 0 atom stereocenters. The standard InChI is InChI=1S/C7H12N2O4S.2Na.2H/c1-8(3-5(10)11)7(14)9(2)4-6(12)13;;;;/h3-4H2,1-2H3,(H,10,11)(H,12,13);;;;. The molecule has 0 aromatic rings. The first-order valence-corrected chi connectivity index (χ1v) is 4.15. The monoisotopic (exact) mass is 268 g/mol. The van der Waals surface area contributed by atoms with Crippen LogP contribution in [0, 0.1) is 0 Å². The molecular weight excluding hydrogens is 254 g/mol. The van der Waals surface area contributed by atoms with E-state index in [-0.39, 0.29) is 77.3 Å². The minimum absolute atomic E-state index is 0. The molecule has 0 amide bonds. The number of carboxylic acids is 2. The summed E-state index contributed by atoms with van der Waals surface area (Å²) in [4.78, 5) is 23.2. The third kappa shape index (κ3) is 9.83. The van der Waals surface area contributed by atoms with E-state index in [1.165, 1.54) is 23.9 Å². The van der Waals surface area contributed by atoms with Crippen molar-refractivity contribution in [1.82, 2.24) is 9.80 Å². The number of nitrogens with zero attached hydrogens (tertiary/aromatic N) is 2. The molecule has 2 N–H and O–H groups in total. The zero-order valence-electron chi connectivity index (χ0n) is 7.93. The number of aliphatic carboxylic acids is 2. The van der Waals surface area contributed by atoms with Gasteiger partial charge in [0.25, 0.3) is 0 Å². The maximum absolute atomic E-state index is 10.3. The van der Waals surface area contributed by atoms with Crippen molar-refractivity contribution >= 4 is 88.4 Å². The minimum atomic E-state index is -1.02. The summed E-state index contributed by atoms with van der Waals surface area (Å²) in [5, 5.41) is 17.1. The van der Waals surface area contributed by atoms with E-state index < -0.39 is 11.9 Å². The molecule has 0 radical (unpaired) electrons. The molecule has 0 spiro atoms. The number of likely N-dealkylation sites (N-methyl/N-ethyl adjacent to an activating group) is 2. The van der Waals surface area contributed by atoms with E-state index in [1.54, 1.807) is 0 Å². The molecule has 0 aromatic carbocycles. The Bertz CT molecular complexity index is 241. The summed E-state index contributed by atoms with van der Waals surface area (Å²) < 4.78 is 0. The van der Waals surface area contributed by atoms with Gasteiger partial charge in [0, 0.05) is 14.1 Å². The normalized spacial score (nSPS) is 8.12. The zero-order chi connectivity index (χ0) is 11.3. The molecule has 9 heteroatoms. The second-order valence-electron chi connectivity index (χ2n) is 2.78.